The van der Waals surface area contributed by atoms with E-state index in [0.717, 1.165) is 31.2 Å². The van der Waals surface area contributed by atoms with Gasteiger partial charge in [-0.3, -0.25) is 4.90 Å². The van der Waals surface area contributed by atoms with Gasteiger partial charge in [-0.2, -0.15) is 4.31 Å². The Hall–Kier alpha value is -1.00. The van der Waals surface area contributed by atoms with Crippen LogP contribution in [0.2, 0.25) is 0 Å². The van der Waals surface area contributed by atoms with Crippen LogP contribution in [0.1, 0.15) is 38.7 Å². The molecule has 0 N–H and O–H groups in total. The number of nitrogens with zero attached hydrogens (tertiary/aromatic N) is 3. The first-order valence-corrected chi connectivity index (χ1v) is 13.7. The van der Waals surface area contributed by atoms with E-state index in [2.05, 4.69) is 18.7 Å². The second-order valence-corrected chi connectivity index (χ2v) is 12.1. The second-order valence-electron chi connectivity index (χ2n) is 8.21. The molecule has 2 aliphatic heterocycles. The van der Waals surface area contributed by atoms with Gasteiger partial charge in [0.1, 0.15) is 0 Å². The number of piperazine rings is 1. The fourth-order valence-electron chi connectivity index (χ4n) is 4.54. The molecule has 0 bridgehead atoms. The van der Waals surface area contributed by atoms with Crippen LogP contribution >= 0.6 is 0 Å². The third kappa shape index (κ3) is 4.69. The molecule has 0 aliphatic carbocycles. The molecule has 2 heterocycles. The summed E-state index contributed by atoms with van der Waals surface area (Å²) >= 11 is 0. The lowest BCUT2D eigenvalue weighted by atomic mass is 9.92. The molecule has 9 heteroatoms. The predicted octanol–water partition coefficient (Wildman–Crippen LogP) is 1.76. The molecular formula is C20H33N3O4S2. The maximum Gasteiger partial charge on any atom is 0.243 e. The Kier molecular flexibility index (Phi) is 6.75. The van der Waals surface area contributed by atoms with Gasteiger partial charge in [-0.05, 0) is 37.0 Å². The quantitative estimate of drug-likeness (QED) is 0.642. The van der Waals surface area contributed by atoms with Crippen LogP contribution in [-0.4, -0.2) is 81.4 Å². The van der Waals surface area contributed by atoms with Crippen molar-refractivity contribution in [1.29, 1.82) is 0 Å². The zero-order chi connectivity index (χ0) is 21.3. The van der Waals surface area contributed by atoms with Crippen LogP contribution in [0.5, 0.6) is 0 Å². The van der Waals surface area contributed by atoms with E-state index < -0.39 is 20.0 Å². The van der Waals surface area contributed by atoms with E-state index in [1.165, 1.54) is 6.26 Å². The second kappa shape index (κ2) is 8.63. The summed E-state index contributed by atoms with van der Waals surface area (Å²) in [4.78, 5) is 2.65. The van der Waals surface area contributed by atoms with E-state index >= 15 is 0 Å². The zero-order valence-electron chi connectivity index (χ0n) is 17.7. The summed E-state index contributed by atoms with van der Waals surface area (Å²) in [6.45, 7) is 7.33. The number of aryl methyl sites for hydroxylation is 1. The van der Waals surface area contributed by atoms with Crippen molar-refractivity contribution in [2.75, 3.05) is 45.5 Å². The Bertz CT molecular complexity index is 908. The van der Waals surface area contributed by atoms with Gasteiger partial charge in [-0.25, -0.2) is 21.1 Å². The Labute approximate surface area is 175 Å². The molecule has 0 amide bonds. The smallest absolute Gasteiger partial charge is 0.243 e. The molecular weight excluding hydrogens is 410 g/mol. The average Bonchev–Trinajstić information content (AvgIpc) is 3.15. The molecule has 2 aliphatic rings. The minimum absolute atomic E-state index is 0.194. The van der Waals surface area contributed by atoms with Gasteiger partial charge < -0.3 is 0 Å². The van der Waals surface area contributed by atoms with Crippen molar-refractivity contribution in [2.24, 2.45) is 0 Å². The minimum Gasteiger partial charge on any atom is -0.294 e. The molecule has 1 aromatic carbocycles. The summed E-state index contributed by atoms with van der Waals surface area (Å²) < 4.78 is 53.1. The van der Waals surface area contributed by atoms with Gasteiger partial charge in [0.15, 0.2) is 0 Å². The van der Waals surface area contributed by atoms with E-state index in [4.69, 9.17) is 0 Å². The normalized spacial score (nSPS) is 25.5. The summed E-state index contributed by atoms with van der Waals surface area (Å²) in [6, 6.07) is 7.22. The molecule has 2 saturated heterocycles. The lowest BCUT2D eigenvalue weighted by molar-refractivity contribution is 0.0600. The average molecular weight is 444 g/mol. The highest BCUT2D eigenvalue weighted by atomic mass is 32.2. The molecule has 0 saturated carbocycles. The van der Waals surface area contributed by atoms with Crippen LogP contribution in [0.25, 0.3) is 0 Å². The van der Waals surface area contributed by atoms with Crippen molar-refractivity contribution in [1.82, 2.24) is 13.5 Å². The Morgan fingerprint density at radius 3 is 2.00 bits per heavy atom. The van der Waals surface area contributed by atoms with Gasteiger partial charge >= 0.3 is 0 Å². The first-order chi connectivity index (χ1) is 13.6. The van der Waals surface area contributed by atoms with Gasteiger partial charge in [0.05, 0.1) is 11.2 Å². The first kappa shape index (κ1) is 22.7. The number of hydrogen-bond acceptors (Lipinski definition) is 5. The van der Waals surface area contributed by atoms with E-state index in [0.29, 0.717) is 44.2 Å². The first-order valence-electron chi connectivity index (χ1n) is 10.4. The number of rotatable bonds is 7. The van der Waals surface area contributed by atoms with Crippen LogP contribution in [0.3, 0.4) is 0 Å². The van der Waals surface area contributed by atoms with Crippen molar-refractivity contribution in [3.63, 3.8) is 0 Å². The number of benzene rings is 1. The molecule has 1 unspecified atom stereocenters. The largest absolute Gasteiger partial charge is 0.294 e. The molecule has 1 aromatic rings. The highest BCUT2D eigenvalue weighted by Gasteiger charge is 2.45. The molecule has 1 atom stereocenters. The Morgan fingerprint density at radius 2 is 1.52 bits per heavy atom. The number of sulfonamides is 2. The lowest BCUT2D eigenvalue weighted by Crippen LogP contribution is -2.58. The van der Waals surface area contributed by atoms with Crippen LogP contribution < -0.4 is 0 Å². The molecule has 0 radical (unpaired) electrons. The summed E-state index contributed by atoms with van der Waals surface area (Å²) in [5.41, 5.74) is 0.957. The van der Waals surface area contributed by atoms with E-state index in [1.807, 2.05) is 12.1 Å². The topological polar surface area (TPSA) is 78.0 Å². The minimum atomic E-state index is -3.50. The van der Waals surface area contributed by atoms with Crippen molar-refractivity contribution >= 4 is 20.0 Å². The van der Waals surface area contributed by atoms with Gasteiger partial charge in [-0.1, -0.05) is 32.4 Å². The fraction of sp³-hybridized carbons (Fsp3) is 0.700. The van der Waals surface area contributed by atoms with Crippen LogP contribution in [0, 0.1) is 0 Å². The summed E-state index contributed by atoms with van der Waals surface area (Å²) in [5.74, 6) is 0. The predicted molar refractivity (Wildman–Crippen MR) is 115 cm³/mol. The van der Waals surface area contributed by atoms with Crippen LogP contribution in [0.15, 0.2) is 29.2 Å². The summed E-state index contributed by atoms with van der Waals surface area (Å²) in [6.07, 6.45) is 4.88. The third-order valence-corrected chi connectivity index (χ3v) is 9.60. The van der Waals surface area contributed by atoms with E-state index in [9.17, 15) is 16.8 Å². The fourth-order valence-corrected chi connectivity index (χ4v) is 6.86. The SMILES string of the molecule is CCCc1ccc(S(=O)(=O)N2CCN(C3(CC)CCN(S(C)(=O)=O)C3)CC2)cc1. The van der Waals surface area contributed by atoms with Crippen molar-refractivity contribution in [3.05, 3.63) is 29.8 Å². The Balaban J connectivity index is 1.68. The van der Waals surface area contributed by atoms with Crippen molar-refractivity contribution < 1.29 is 16.8 Å². The van der Waals surface area contributed by atoms with Crippen LogP contribution in [-0.2, 0) is 26.5 Å². The van der Waals surface area contributed by atoms with Gasteiger partial charge in [0.25, 0.3) is 0 Å². The molecule has 7 nitrogen and oxygen atoms in total. The zero-order valence-corrected chi connectivity index (χ0v) is 19.3. The van der Waals surface area contributed by atoms with Crippen LogP contribution in [0.4, 0.5) is 0 Å². The van der Waals surface area contributed by atoms with Gasteiger partial charge in [-0.15, -0.1) is 0 Å². The van der Waals surface area contributed by atoms with Crippen molar-refractivity contribution in [2.45, 2.75) is 50.0 Å². The molecule has 0 aromatic heterocycles. The number of hydrogen-bond donors (Lipinski definition) is 0. The molecule has 2 fully saturated rings. The summed E-state index contributed by atoms with van der Waals surface area (Å²) in [5, 5.41) is 0. The lowest BCUT2D eigenvalue weighted by Gasteiger charge is -2.45. The standard InChI is InChI=1S/C20H33N3O4S2/c1-4-6-18-7-9-19(10-8-18)29(26,27)22-15-13-21(14-16-22)20(5-2)11-12-23(17-20)28(3,24)25/h7-10H,4-6,11-17H2,1-3H3. The van der Waals surface area contributed by atoms with E-state index in [1.54, 1.807) is 20.7 Å². The maximum atomic E-state index is 13.0. The van der Waals surface area contributed by atoms with Gasteiger partial charge in [0, 0.05) is 44.8 Å². The molecule has 3 rings (SSSR count). The van der Waals surface area contributed by atoms with Crippen molar-refractivity contribution in [3.8, 4) is 0 Å². The highest BCUT2D eigenvalue weighted by Crippen LogP contribution is 2.34. The Morgan fingerprint density at radius 1 is 0.897 bits per heavy atom. The summed E-state index contributed by atoms with van der Waals surface area (Å²) in [7, 11) is -6.70. The van der Waals surface area contributed by atoms with Gasteiger partial charge in [0.2, 0.25) is 20.0 Å². The molecule has 164 valence electrons. The molecule has 29 heavy (non-hydrogen) atoms. The maximum absolute atomic E-state index is 13.0. The van der Waals surface area contributed by atoms with E-state index in [-0.39, 0.29) is 5.54 Å². The third-order valence-electron chi connectivity index (χ3n) is 6.43. The monoisotopic (exact) mass is 443 g/mol. The highest BCUT2D eigenvalue weighted by molar-refractivity contribution is 7.89. The molecule has 0 spiro atoms.